The second-order valence-electron chi connectivity index (χ2n) is 6.84. The van der Waals surface area contributed by atoms with Crippen molar-refractivity contribution in [2.24, 2.45) is 17.8 Å². The van der Waals surface area contributed by atoms with Gasteiger partial charge in [0.05, 0.1) is 6.10 Å². The minimum atomic E-state index is -0.117. The number of aliphatic hydroxyl groups excluding tert-OH is 1. The predicted molar refractivity (Wildman–Crippen MR) is 76.6 cm³/mol. The molecule has 0 spiro atoms. The van der Waals surface area contributed by atoms with Crippen molar-refractivity contribution in [3.63, 3.8) is 0 Å². The SMILES string of the molecule is CC1CCCC(CNCC(O)CC2CCCC2)C1. The fraction of sp³-hybridized carbons (Fsp3) is 1.00. The highest BCUT2D eigenvalue weighted by molar-refractivity contribution is 4.75. The van der Waals surface area contributed by atoms with Crippen molar-refractivity contribution in [3.8, 4) is 0 Å². The van der Waals surface area contributed by atoms with Crippen LogP contribution in [0.5, 0.6) is 0 Å². The smallest absolute Gasteiger partial charge is 0.0667 e. The first-order valence-electron chi connectivity index (χ1n) is 8.13. The van der Waals surface area contributed by atoms with E-state index < -0.39 is 0 Å². The third kappa shape index (κ3) is 4.89. The van der Waals surface area contributed by atoms with Crippen molar-refractivity contribution in [2.45, 2.75) is 70.8 Å². The molecule has 0 bridgehead atoms. The van der Waals surface area contributed by atoms with Crippen molar-refractivity contribution in [3.05, 3.63) is 0 Å². The summed E-state index contributed by atoms with van der Waals surface area (Å²) in [5, 5.41) is 13.5. The Bertz CT molecular complexity index is 225. The van der Waals surface area contributed by atoms with Crippen LogP contribution in [0.15, 0.2) is 0 Å². The van der Waals surface area contributed by atoms with Crippen LogP contribution in [0, 0.1) is 17.8 Å². The van der Waals surface area contributed by atoms with Gasteiger partial charge in [-0.3, -0.25) is 0 Å². The summed E-state index contributed by atoms with van der Waals surface area (Å²) in [6, 6.07) is 0. The van der Waals surface area contributed by atoms with Crippen LogP contribution >= 0.6 is 0 Å². The molecule has 0 saturated heterocycles. The molecule has 0 amide bonds. The minimum absolute atomic E-state index is 0.117. The molecule has 0 aromatic heterocycles. The molecule has 2 fully saturated rings. The van der Waals surface area contributed by atoms with Crippen molar-refractivity contribution in [2.75, 3.05) is 13.1 Å². The molecule has 106 valence electrons. The third-order valence-corrected chi connectivity index (χ3v) is 4.94. The van der Waals surface area contributed by atoms with Gasteiger partial charge in [0.1, 0.15) is 0 Å². The van der Waals surface area contributed by atoms with Gasteiger partial charge >= 0.3 is 0 Å². The van der Waals surface area contributed by atoms with Crippen LogP contribution in [-0.4, -0.2) is 24.3 Å². The van der Waals surface area contributed by atoms with E-state index in [2.05, 4.69) is 12.2 Å². The minimum Gasteiger partial charge on any atom is -0.392 e. The summed E-state index contributed by atoms with van der Waals surface area (Å²) in [5.41, 5.74) is 0. The molecule has 3 atom stereocenters. The van der Waals surface area contributed by atoms with E-state index in [0.29, 0.717) is 0 Å². The molecule has 2 aliphatic carbocycles. The first-order valence-corrected chi connectivity index (χ1v) is 8.13. The van der Waals surface area contributed by atoms with Crippen LogP contribution in [0.2, 0.25) is 0 Å². The number of nitrogens with one attached hydrogen (secondary N) is 1. The summed E-state index contributed by atoms with van der Waals surface area (Å²) >= 11 is 0. The molecule has 2 rings (SSSR count). The van der Waals surface area contributed by atoms with Crippen molar-refractivity contribution in [1.82, 2.24) is 5.32 Å². The molecule has 0 radical (unpaired) electrons. The Morgan fingerprint density at radius 1 is 1.06 bits per heavy atom. The monoisotopic (exact) mass is 253 g/mol. The van der Waals surface area contributed by atoms with E-state index in [1.54, 1.807) is 0 Å². The molecule has 0 aliphatic heterocycles. The van der Waals surface area contributed by atoms with E-state index in [0.717, 1.165) is 37.3 Å². The van der Waals surface area contributed by atoms with E-state index in [-0.39, 0.29) is 6.10 Å². The Kier molecular flexibility index (Phi) is 5.97. The normalized spacial score (nSPS) is 31.7. The van der Waals surface area contributed by atoms with Gasteiger partial charge in [-0.2, -0.15) is 0 Å². The highest BCUT2D eigenvalue weighted by Gasteiger charge is 2.20. The zero-order chi connectivity index (χ0) is 12.8. The van der Waals surface area contributed by atoms with Gasteiger partial charge in [0.2, 0.25) is 0 Å². The van der Waals surface area contributed by atoms with Crippen LogP contribution in [-0.2, 0) is 0 Å². The molecular formula is C16H31NO. The van der Waals surface area contributed by atoms with Crippen LogP contribution < -0.4 is 5.32 Å². The molecule has 2 aliphatic rings. The number of rotatable bonds is 6. The van der Waals surface area contributed by atoms with Gasteiger partial charge in [0.15, 0.2) is 0 Å². The maximum absolute atomic E-state index is 10.0. The fourth-order valence-corrected chi connectivity index (χ4v) is 3.91. The molecule has 0 heterocycles. The molecule has 18 heavy (non-hydrogen) atoms. The Balaban J connectivity index is 1.53. The van der Waals surface area contributed by atoms with Gasteiger partial charge in [-0.15, -0.1) is 0 Å². The Labute approximate surface area is 113 Å². The zero-order valence-electron chi connectivity index (χ0n) is 12.0. The average molecular weight is 253 g/mol. The van der Waals surface area contributed by atoms with Crippen LogP contribution in [0.3, 0.4) is 0 Å². The lowest BCUT2D eigenvalue weighted by Gasteiger charge is -2.27. The summed E-state index contributed by atoms with van der Waals surface area (Å²) in [5.74, 6) is 2.57. The second-order valence-corrected chi connectivity index (χ2v) is 6.84. The maximum atomic E-state index is 10.0. The van der Waals surface area contributed by atoms with E-state index >= 15 is 0 Å². The summed E-state index contributed by atoms with van der Waals surface area (Å²) in [6.45, 7) is 4.30. The van der Waals surface area contributed by atoms with Crippen LogP contribution in [0.4, 0.5) is 0 Å². The molecule has 3 unspecified atom stereocenters. The Morgan fingerprint density at radius 3 is 2.50 bits per heavy atom. The Morgan fingerprint density at radius 2 is 1.78 bits per heavy atom. The number of hydrogen-bond donors (Lipinski definition) is 2. The first-order chi connectivity index (χ1) is 8.74. The standard InChI is InChI=1S/C16H31NO/c1-13-5-4-8-15(9-13)11-17-12-16(18)10-14-6-2-3-7-14/h13-18H,2-12H2,1H3. The van der Waals surface area contributed by atoms with Gasteiger partial charge in [0, 0.05) is 6.54 Å². The average Bonchev–Trinajstić information content (AvgIpc) is 2.82. The fourth-order valence-electron chi connectivity index (χ4n) is 3.91. The van der Waals surface area contributed by atoms with Crippen molar-refractivity contribution in [1.29, 1.82) is 0 Å². The summed E-state index contributed by atoms with van der Waals surface area (Å²) < 4.78 is 0. The van der Waals surface area contributed by atoms with Gasteiger partial charge < -0.3 is 10.4 Å². The molecule has 2 saturated carbocycles. The highest BCUT2D eigenvalue weighted by Crippen LogP contribution is 2.29. The molecular weight excluding hydrogens is 222 g/mol. The zero-order valence-corrected chi connectivity index (χ0v) is 12.0. The first kappa shape index (κ1) is 14.3. The van der Waals surface area contributed by atoms with E-state index in [1.165, 1.54) is 51.4 Å². The Hall–Kier alpha value is -0.0800. The molecule has 2 nitrogen and oxygen atoms in total. The summed E-state index contributed by atoms with van der Waals surface area (Å²) in [6.07, 6.45) is 11.9. The number of aliphatic hydroxyl groups is 1. The van der Waals surface area contributed by atoms with Gasteiger partial charge in [0.25, 0.3) is 0 Å². The lowest BCUT2D eigenvalue weighted by Crippen LogP contribution is -2.33. The van der Waals surface area contributed by atoms with E-state index in [9.17, 15) is 5.11 Å². The van der Waals surface area contributed by atoms with Gasteiger partial charge in [-0.1, -0.05) is 45.4 Å². The van der Waals surface area contributed by atoms with E-state index in [4.69, 9.17) is 0 Å². The van der Waals surface area contributed by atoms with Crippen LogP contribution in [0.1, 0.15) is 64.7 Å². The summed E-state index contributed by atoms with van der Waals surface area (Å²) in [4.78, 5) is 0. The molecule has 2 N–H and O–H groups in total. The lowest BCUT2D eigenvalue weighted by molar-refractivity contribution is 0.137. The lowest BCUT2D eigenvalue weighted by atomic mass is 9.82. The highest BCUT2D eigenvalue weighted by atomic mass is 16.3. The molecule has 2 heteroatoms. The molecule has 0 aromatic carbocycles. The largest absolute Gasteiger partial charge is 0.392 e. The third-order valence-electron chi connectivity index (χ3n) is 4.94. The number of hydrogen-bond acceptors (Lipinski definition) is 2. The van der Waals surface area contributed by atoms with E-state index in [1.807, 2.05) is 0 Å². The summed E-state index contributed by atoms with van der Waals surface area (Å²) in [7, 11) is 0. The van der Waals surface area contributed by atoms with Crippen molar-refractivity contribution < 1.29 is 5.11 Å². The van der Waals surface area contributed by atoms with Crippen molar-refractivity contribution >= 4 is 0 Å². The van der Waals surface area contributed by atoms with Gasteiger partial charge in [-0.05, 0) is 43.6 Å². The maximum Gasteiger partial charge on any atom is 0.0667 e. The van der Waals surface area contributed by atoms with Crippen LogP contribution in [0.25, 0.3) is 0 Å². The predicted octanol–water partition coefficient (Wildman–Crippen LogP) is 3.34. The second kappa shape index (κ2) is 7.49. The topological polar surface area (TPSA) is 32.3 Å². The quantitative estimate of drug-likeness (QED) is 0.761. The molecule has 0 aromatic rings. The van der Waals surface area contributed by atoms with Gasteiger partial charge in [-0.25, -0.2) is 0 Å².